The lowest BCUT2D eigenvalue weighted by atomic mass is 9.92. The second-order valence-electron chi connectivity index (χ2n) is 5.46. The molecule has 1 aliphatic rings. The first-order valence-electron chi connectivity index (χ1n) is 7.23. The van der Waals surface area contributed by atoms with Crippen molar-refractivity contribution in [3.8, 4) is 11.6 Å². The van der Waals surface area contributed by atoms with Gasteiger partial charge in [-0.15, -0.1) is 0 Å². The molecular weight excluding hydrogens is 248 g/mol. The highest BCUT2D eigenvalue weighted by atomic mass is 16.5. The maximum absolute atomic E-state index is 5.83. The molecule has 1 aromatic carbocycles. The summed E-state index contributed by atoms with van der Waals surface area (Å²) in [7, 11) is 0. The number of aryl methyl sites for hydroxylation is 2. The predicted molar refractivity (Wildman–Crippen MR) is 80.0 cm³/mol. The molecule has 0 spiro atoms. The van der Waals surface area contributed by atoms with Gasteiger partial charge in [0.05, 0.1) is 0 Å². The Labute approximate surface area is 119 Å². The number of hydrogen-bond acceptors (Lipinski definition) is 3. The fourth-order valence-electron chi connectivity index (χ4n) is 2.62. The van der Waals surface area contributed by atoms with Crippen molar-refractivity contribution in [1.29, 1.82) is 0 Å². The van der Waals surface area contributed by atoms with Gasteiger partial charge in [-0.25, -0.2) is 4.98 Å². The van der Waals surface area contributed by atoms with E-state index in [0.29, 0.717) is 5.88 Å². The molecule has 104 valence electrons. The van der Waals surface area contributed by atoms with E-state index in [9.17, 15) is 0 Å². The Morgan fingerprint density at radius 1 is 1.10 bits per heavy atom. The summed E-state index contributed by atoms with van der Waals surface area (Å²) in [4.78, 5) is 4.31. The molecule has 2 aromatic rings. The molecule has 0 saturated heterocycles. The van der Waals surface area contributed by atoms with Crippen LogP contribution in [0.3, 0.4) is 0 Å². The van der Waals surface area contributed by atoms with Crippen LogP contribution in [0, 0.1) is 0 Å². The molecule has 1 aromatic heterocycles. The van der Waals surface area contributed by atoms with Gasteiger partial charge < -0.3 is 10.5 Å². The summed E-state index contributed by atoms with van der Waals surface area (Å²) in [5.74, 6) is 1.48. The van der Waals surface area contributed by atoms with Crippen LogP contribution in [0.4, 0.5) is 0 Å². The minimum Gasteiger partial charge on any atom is -0.439 e. The summed E-state index contributed by atoms with van der Waals surface area (Å²) in [6.45, 7) is 1.95. The normalized spacial score (nSPS) is 15.5. The zero-order valence-electron chi connectivity index (χ0n) is 11.8. The van der Waals surface area contributed by atoms with Crippen LogP contribution in [0.2, 0.25) is 0 Å². The fourth-order valence-corrected chi connectivity index (χ4v) is 2.62. The first-order valence-corrected chi connectivity index (χ1v) is 7.23. The van der Waals surface area contributed by atoms with Crippen LogP contribution in [0.5, 0.6) is 11.6 Å². The second kappa shape index (κ2) is 5.63. The zero-order valence-corrected chi connectivity index (χ0v) is 11.8. The van der Waals surface area contributed by atoms with Crippen molar-refractivity contribution < 1.29 is 4.74 Å². The molecule has 3 nitrogen and oxygen atoms in total. The number of fused-ring (bicyclic) bond motifs is 1. The molecule has 0 aliphatic heterocycles. The molecule has 0 unspecified atom stereocenters. The largest absolute Gasteiger partial charge is 0.439 e. The van der Waals surface area contributed by atoms with Gasteiger partial charge in [-0.1, -0.05) is 12.1 Å². The van der Waals surface area contributed by atoms with Gasteiger partial charge in [0, 0.05) is 18.3 Å². The third kappa shape index (κ3) is 2.83. The Morgan fingerprint density at radius 3 is 2.60 bits per heavy atom. The maximum atomic E-state index is 5.83. The standard InChI is InChI=1S/C17H20N2O/c1-12(18)15-7-9-17(19-11-15)20-16-8-6-13-4-2-3-5-14(13)10-16/h6-12H,2-5,18H2,1H3/t12-/m0/s1. The number of benzene rings is 1. The first-order chi connectivity index (χ1) is 9.72. The van der Waals surface area contributed by atoms with Crippen molar-refractivity contribution >= 4 is 0 Å². The number of pyridine rings is 1. The Kier molecular flexibility index (Phi) is 3.70. The van der Waals surface area contributed by atoms with Crippen LogP contribution in [-0.2, 0) is 12.8 Å². The van der Waals surface area contributed by atoms with Crippen molar-refractivity contribution in [2.45, 2.75) is 38.6 Å². The highest BCUT2D eigenvalue weighted by Crippen LogP contribution is 2.27. The summed E-state index contributed by atoms with van der Waals surface area (Å²) < 4.78 is 5.83. The summed E-state index contributed by atoms with van der Waals surface area (Å²) in [6, 6.07) is 10.2. The van der Waals surface area contributed by atoms with E-state index in [0.717, 1.165) is 17.7 Å². The number of rotatable bonds is 3. The predicted octanol–water partition coefficient (Wildman–Crippen LogP) is 3.77. The van der Waals surface area contributed by atoms with Gasteiger partial charge >= 0.3 is 0 Å². The molecule has 0 amide bonds. The minimum absolute atomic E-state index is 0.000273. The Morgan fingerprint density at radius 2 is 1.90 bits per heavy atom. The summed E-state index contributed by atoms with van der Waals surface area (Å²) in [6.07, 6.45) is 6.70. The molecule has 0 bridgehead atoms. The van der Waals surface area contributed by atoms with Crippen molar-refractivity contribution in [2.24, 2.45) is 5.73 Å². The molecule has 1 heterocycles. The minimum atomic E-state index is 0.000273. The zero-order chi connectivity index (χ0) is 13.9. The lowest BCUT2D eigenvalue weighted by Gasteiger charge is -2.16. The van der Waals surface area contributed by atoms with Gasteiger partial charge in [0.25, 0.3) is 0 Å². The van der Waals surface area contributed by atoms with Crippen LogP contribution < -0.4 is 10.5 Å². The number of hydrogen-bond donors (Lipinski definition) is 1. The third-order valence-electron chi connectivity index (χ3n) is 3.83. The van der Waals surface area contributed by atoms with Crippen molar-refractivity contribution in [1.82, 2.24) is 4.98 Å². The number of nitrogens with zero attached hydrogens (tertiary/aromatic N) is 1. The van der Waals surface area contributed by atoms with Gasteiger partial charge in [0.15, 0.2) is 0 Å². The van der Waals surface area contributed by atoms with Crippen molar-refractivity contribution in [3.05, 3.63) is 53.2 Å². The quantitative estimate of drug-likeness (QED) is 0.921. The summed E-state index contributed by atoms with van der Waals surface area (Å²) in [5.41, 5.74) is 9.71. The Balaban J connectivity index is 1.77. The average Bonchev–Trinajstić information content (AvgIpc) is 2.48. The van der Waals surface area contributed by atoms with Gasteiger partial charge in [-0.3, -0.25) is 0 Å². The van der Waals surface area contributed by atoms with E-state index in [4.69, 9.17) is 10.5 Å². The maximum Gasteiger partial charge on any atom is 0.219 e. The van der Waals surface area contributed by atoms with Gasteiger partial charge in [-0.2, -0.15) is 0 Å². The smallest absolute Gasteiger partial charge is 0.219 e. The topological polar surface area (TPSA) is 48.1 Å². The lowest BCUT2D eigenvalue weighted by molar-refractivity contribution is 0.460. The van der Waals surface area contributed by atoms with E-state index >= 15 is 0 Å². The highest BCUT2D eigenvalue weighted by molar-refractivity contribution is 5.38. The van der Waals surface area contributed by atoms with Crippen LogP contribution in [0.15, 0.2) is 36.5 Å². The third-order valence-corrected chi connectivity index (χ3v) is 3.83. The van der Waals surface area contributed by atoms with E-state index in [2.05, 4.69) is 17.1 Å². The fraction of sp³-hybridized carbons (Fsp3) is 0.353. The summed E-state index contributed by atoms with van der Waals surface area (Å²) >= 11 is 0. The van der Waals surface area contributed by atoms with Crippen LogP contribution in [0.1, 0.15) is 42.5 Å². The molecule has 2 N–H and O–H groups in total. The van der Waals surface area contributed by atoms with E-state index in [1.54, 1.807) is 6.20 Å². The molecule has 3 rings (SSSR count). The first kappa shape index (κ1) is 13.1. The van der Waals surface area contributed by atoms with Crippen LogP contribution in [0.25, 0.3) is 0 Å². The molecule has 0 saturated carbocycles. The molecule has 3 heteroatoms. The molecule has 0 radical (unpaired) electrons. The van der Waals surface area contributed by atoms with E-state index < -0.39 is 0 Å². The number of aromatic nitrogens is 1. The Bertz CT molecular complexity index is 590. The van der Waals surface area contributed by atoms with Crippen LogP contribution >= 0.6 is 0 Å². The van der Waals surface area contributed by atoms with Crippen molar-refractivity contribution in [2.75, 3.05) is 0 Å². The SMILES string of the molecule is C[C@H](N)c1ccc(Oc2ccc3c(c2)CCCC3)nc1. The molecular formula is C17H20N2O. The number of ether oxygens (including phenoxy) is 1. The highest BCUT2D eigenvalue weighted by Gasteiger charge is 2.10. The molecule has 1 aliphatic carbocycles. The van der Waals surface area contributed by atoms with E-state index in [-0.39, 0.29) is 6.04 Å². The average molecular weight is 268 g/mol. The summed E-state index contributed by atoms with van der Waals surface area (Å²) in [5, 5.41) is 0. The van der Waals surface area contributed by atoms with Crippen LogP contribution in [-0.4, -0.2) is 4.98 Å². The monoisotopic (exact) mass is 268 g/mol. The van der Waals surface area contributed by atoms with E-state index in [1.165, 1.54) is 30.4 Å². The molecule has 1 atom stereocenters. The van der Waals surface area contributed by atoms with E-state index in [1.807, 2.05) is 25.1 Å². The Hall–Kier alpha value is -1.87. The van der Waals surface area contributed by atoms with Gasteiger partial charge in [0.2, 0.25) is 5.88 Å². The molecule has 20 heavy (non-hydrogen) atoms. The van der Waals surface area contributed by atoms with Gasteiger partial charge in [0.1, 0.15) is 5.75 Å². The van der Waals surface area contributed by atoms with Crippen molar-refractivity contribution in [3.63, 3.8) is 0 Å². The molecule has 0 fully saturated rings. The lowest BCUT2D eigenvalue weighted by Crippen LogP contribution is -2.05. The van der Waals surface area contributed by atoms with Gasteiger partial charge in [-0.05, 0) is 61.4 Å². The number of nitrogens with two attached hydrogens (primary N) is 1. The second-order valence-corrected chi connectivity index (χ2v) is 5.46.